The van der Waals surface area contributed by atoms with E-state index in [2.05, 4.69) is 20.3 Å². The van der Waals surface area contributed by atoms with Gasteiger partial charge in [0.2, 0.25) is 5.91 Å². The molecule has 1 aromatic rings. The molecule has 1 saturated carbocycles. The average molecular weight is 320 g/mol. The van der Waals surface area contributed by atoms with Crippen LogP contribution in [-0.4, -0.2) is 65.2 Å². The van der Waals surface area contributed by atoms with Gasteiger partial charge in [-0.3, -0.25) is 9.48 Å². The fraction of sp³-hybridized carbons (Fsp3) is 0.688. The molecule has 1 aliphatic carbocycles. The second kappa shape index (κ2) is 7.99. The first kappa shape index (κ1) is 17.3. The molecule has 0 saturated heterocycles. The number of nitrogens with one attached hydrogen (secondary N) is 1. The van der Waals surface area contributed by atoms with Gasteiger partial charge >= 0.3 is 0 Å². The lowest BCUT2D eigenvalue weighted by Gasteiger charge is -2.25. The predicted octanol–water partition coefficient (Wildman–Crippen LogP) is 0.828. The maximum absolute atomic E-state index is 11.8. The Bertz CT molecular complexity index is 545. The van der Waals surface area contributed by atoms with Gasteiger partial charge in [-0.05, 0) is 12.8 Å². The molecule has 0 aliphatic heterocycles. The molecular weight excluding hydrogens is 292 g/mol. The minimum absolute atomic E-state index is 0.00509. The van der Waals surface area contributed by atoms with Gasteiger partial charge in [-0.25, -0.2) is 4.99 Å². The summed E-state index contributed by atoms with van der Waals surface area (Å²) in [6, 6.07) is 0.458. The molecule has 7 heteroatoms. The van der Waals surface area contributed by atoms with Gasteiger partial charge in [0.1, 0.15) is 6.54 Å². The van der Waals surface area contributed by atoms with Crippen LogP contribution in [0.5, 0.6) is 0 Å². The number of amides is 1. The number of carbonyl (C=O) groups excluding carboxylic acids is 1. The number of aliphatic imine (C=N–C) groups is 1. The van der Waals surface area contributed by atoms with Crippen molar-refractivity contribution in [3.8, 4) is 0 Å². The third-order valence-corrected chi connectivity index (χ3v) is 4.09. The summed E-state index contributed by atoms with van der Waals surface area (Å²) in [5, 5.41) is 7.71. The molecule has 0 radical (unpaired) electrons. The number of hydrogen-bond donors (Lipinski definition) is 1. The van der Waals surface area contributed by atoms with Gasteiger partial charge in [-0.1, -0.05) is 12.8 Å². The molecule has 2 rings (SSSR count). The van der Waals surface area contributed by atoms with Crippen LogP contribution in [0.15, 0.2) is 17.4 Å². The van der Waals surface area contributed by atoms with Crippen molar-refractivity contribution in [3.63, 3.8) is 0 Å². The van der Waals surface area contributed by atoms with Crippen molar-refractivity contribution in [3.05, 3.63) is 18.0 Å². The maximum atomic E-state index is 11.8. The summed E-state index contributed by atoms with van der Waals surface area (Å²) in [5.41, 5.74) is 1.12. The van der Waals surface area contributed by atoms with Gasteiger partial charge in [0.15, 0.2) is 5.96 Å². The number of carbonyl (C=O) groups is 1. The van der Waals surface area contributed by atoms with Crippen molar-refractivity contribution in [2.45, 2.75) is 38.3 Å². The van der Waals surface area contributed by atoms with Crippen molar-refractivity contribution in [1.29, 1.82) is 0 Å². The van der Waals surface area contributed by atoms with Crippen LogP contribution in [0.4, 0.5) is 0 Å². The Kier molecular flexibility index (Phi) is 6.01. The lowest BCUT2D eigenvalue weighted by atomic mass is 10.2. The molecule has 0 spiro atoms. The lowest BCUT2D eigenvalue weighted by Crippen LogP contribution is -2.43. The first-order valence-corrected chi connectivity index (χ1v) is 8.15. The summed E-state index contributed by atoms with van der Waals surface area (Å²) in [6.07, 6.45) is 8.70. The van der Waals surface area contributed by atoms with E-state index < -0.39 is 0 Å². The zero-order valence-corrected chi connectivity index (χ0v) is 14.6. The van der Waals surface area contributed by atoms with Crippen LogP contribution in [0.3, 0.4) is 0 Å². The van der Waals surface area contributed by atoms with Crippen molar-refractivity contribution in [1.82, 2.24) is 24.9 Å². The van der Waals surface area contributed by atoms with Gasteiger partial charge in [-0.2, -0.15) is 5.10 Å². The summed E-state index contributed by atoms with van der Waals surface area (Å²) in [7, 11) is 7.40. The Morgan fingerprint density at radius 1 is 1.39 bits per heavy atom. The first-order chi connectivity index (χ1) is 11.0. The van der Waals surface area contributed by atoms with Crippen LogP contribution in [0, 0.1) is 0 Å². The molecule has 128 valence electrons. The van der Waals surface area contributed by atoms with E-state index in [1.165, 1.54) is 25.7 Å². The number of likely N-dealkylation sites (N-methyl/N-ethyl adjacent to an activating group) is 1. The van der Waals surface area contributed by atoms with Crippen LogP contribution in [-0.2, 0) is 18.4 Å². The fourth-order valence-corrected chi connectivity index (χ4v) is 2.72. The van der Waals surface area contributed by atoms with E-state index in [4.69, 9.17) is 0 Å². The van der Waals surface area contributed by atoms with Crippen LogP contribution in [0.1, 0.15) is 31.2 Å². The Morgan fingerprint density at radius 3 is 2.65 bits per heavy atom. The smallest absolute Gasteiger partial charge is 0.243 e. The summed E-state index contributed by atoms with van der Waals surface area (Å²) in [6.45, 7) is 0.877. The summed E-state index contributed by atoms with van der Waals surface area (Å²) in [5.74, 6) is 0.793. The maximum Gasteiger partial charge on any atom is 0.243 e. The Labute approximate surface area is 138 Å². The van der Waals surface area contributed by atoms with Crippen LogP contribution < -0.4 is 5.32 Å². The molecule has 7 nitrogen and oxygen atoms in total. The van der Waals surface area contributed by atoms with Gasteiger partial charge in [0, 0.05) is 52.5 Å². The van der Waals surface area contributed by atoms with Gasteiger partial charge in [-0.15, -0.1) is 0 Å². The lowest BCUT2D eigenvalue weighted by molar-refractivity contribution is -0.127. The monoisotopic (exact) mass is 320 g/mol. The van der Waals surface area contributed by atoms with Crippen LogP contribution >= 0.6 is 0 Å². The van der Waals surface area contributed by atoms with Crippen molar-refractivity contribution in [2.24, 2.45) is 12.0 Å². The zero-order valence-electron chi connectivity index (χ0n) is 14.6. The molecule has 1 N–H and O–H groups in total. The molecule has 0 bridgehead atoms. The normalized spacial score (nSPS) is 15.7. The van der Waals surface area contributed by atoms with E-state index in [0.29, 0.717) is 12.6 Å². The quantitative estimate of drug-likeness (QED) is 0.645. The SMILES string of the molecule is CN(C)C(=O)CN=C(NC1CCCC1)N(C)Cc1cnn(C)c1. The number of aromatic nitrogens is 2. The number of nitrogens with zero attached hydrogens (tertiary/aromatic N) is 5. The van der Waals surface area contributed by atoms with Crippen molar-refractivity contribution in [2.75, 3.05) is 27.7 Å². The average Bonchev–Trinajstić information content (AvgIpc) is 3.14. The second-order valence-electron chi connectivity index (χ2n) is 6.43. The molecule has 0 unspecified atom stereocenters. The van der Waals surface area contributed by atoms with Crippen LogP contribution in [0.2, 0.25) is 0 Å². The highest BCUT2D eigenvalue weighted by Gasteiger charge is 2.19. The van der Waals surface area contributed by atoms with E-state index in [9.17, 15) is 4.79 Å². The standard InChI is InChI=1S/C16H28N6O/c1-20(2)15(23)10-17-16(19-14-7-5-6-8-14)21(3)11-13-9-18-22(4)12-13/h9,12,14H,5-8,10-11H2,1-4H3,(H,17,19). The highest BCUT2D eigenvalue weighted by atomic mass is 16.2. The summed E-state index contributed by atoms with van der Waals surface area (Å²) in [4.78, 5) is 20.0. The minimum atomic E-state index is 0.00509. The highest BCUT2D eigenvalue weighted by Crippen LogP contribution is 2.18. The van der Waals surface area contributed by atoms with Crippen molar-refractivity contribution >= 4 is 11.9 Å². The molecular formula is C16H28N6O. The Balaban J connectivity index is 2.04. The topological polar surface area (TPSA) is 65.8 Å². The first-order valence-electron chi connectivity index (χ1n) is 8.15. The van der Waals surface area contributed by atoms with E-state index in [-0.39, 0.29) is 12.5 Å². The van der Waals surface area contributed by atoms with Gasteiger partial charge < -0.3 is 15.1 Å². The van der Waals surface area contributed by atoms with E-state index >= 15 is 0 Å². The number of guanidine groups is 1. The number of rotatable bonds is 5. The largest absolute Gasteiger partial charge is 0.353 e. The third-order valence-electron chi connectivity index (χ3n) is 4.09. The number of aryl methyl sites for hydroxylation is 1. The minimum Gasteiger partial charge on any atom is -0.353 e. The molecule has 0 atom stereocenters. The molecule has 0 aromatic carbocycles. The summed E-state index contributed by atoms with van der Waals surface area (Å²) < 4.78 is 1.79. The van der Waals surface area contributed by atoms with Crippen LogP contribution in [0.25, 0.3) is 0 Å². The van der Waals surface area contributed by atoms with E-state index in [1.54, 1.807) is 23.7 Å². The molecule has 23 heavy (non-hydrogen) atoms. The Morgan fingerprint density at radius 2 is 2.09 bits per heavy atom. The second-order valence-corrected chi connectivity index (χ2v) is 6.43. The number of hydrogen-bond acceptors (Lipinski definition) is 3. The zero-order chi connectivity index (χ0) is 16.8. The van der Waals surface area contributed by atoms with Gasteiger partial charge in [0.05, 0.1) is 6.20 Å². The van der Waals surface area contributed by atoms with Crippen molar-refractivity contribution < 1.29 is 4.79 Å². The Hall–Kier alpha value is -2.05. The highest BCUT2D eigenvalue weighted by molar-refractivity contribution is 5.84. The predicted molar refractivity (Wildman–Crippen MR) is 91.1 cm³/mol. The summed E-state index contributed by atoms with van der Waals surface area (Å²) >= 11 is 0. The van der Waals surface area contributed by atoms with E-state index in [1.807, 2.05) is 26.5 Å². The van der Waals surface area contributed by atoms with E-state index in [0.717, 1.165) is 11.5 Å². The molecule has 1 fully saturated rings. The third kappa shape index (κ3) is 5.26. The van der Waals surface area contributed by atoms with Gasteiger partial charge in [0.25, 0.3) is 0 Å². The molecule has 1 aliphatic rings. The molecule has 1 heterocycles. The molecule has 1 aromatic heterocycles. The fourth-order valence-electron chi connectivity index (χ4n) is 2.72. The molecule has 1 amide bonds.